The molecule has 1 aliphatic heterocycles. The van der Waals surface area contributed by atoms with Crippen molar-refractivity contribution in [3.63, 3.8) is 0 Å². The fourth-order valence-electron chi connectivity index (χ4n) is 1.90. The topological polar surface area (TPSA) is 80.8 Å². The van der Waals surface area contributed by atoms with Crippen molar-refractivity contribution in [3.05, 3.63) is 40.5 Å². The van der Waals surface area contributed by atoms with Gasteiger partial charge in [0.25, 0.3) is 0 Å². The quantitative estimate of drug-likeness (QED) is 0.671. The Bertz CT molecular complexity index is 817. The molecule has 6 nitrogen and oxygen atoms in total. The zero-order chi connectivity index (χ0) is 17.4. The van der Waals surface area contributed by atoms with Crippen LogP contribution >= 0.6 is 0 Å². The molecule has 0 saturated carbocycles. The molecule has 2 heterocycles. The Labute approximate surface area is 130 Å². The summed E-state index contributed by atoms with van der Waals surface area (Å²) in [6.07, 6.45) is 2.49. The SMILES string of the molecule is COC1=CC(OS(=O)(=O)C(F)(F)F)=N/C1=C\c1[nH]c(C)cc1C. The van der Waals surface area contributed by atoms with Gasteiger partial charge >= 0.3 is 15.6 Å². The Morgan fingerprint density at radius 3 is 2.43 bits per heavy atom. The van der Waals surface area contributed by atoms with E-state index in [1.165, 1.54) is 13.2 Å². The van der Waals surface area contributed by atoms with Crippen LogP contribution in [0, 0.1) is 13.8 Å². The number of aryl methyl sites for hydroxylation is 2. The molecule has 1 N–H and O–H groups in total. The Kier molecular flexibility index (Phi) is 4.29. The number of ether oxygens (including phenoxy) is 1. The fourth-order valence-corrected chi connectivity index (χ4v) is 2.30. The van der Waals surface area contributed by atoms with Crippen molar-refractivity contribution in [2.75, 3.05) is 7.11 Å². The molecule has 0 bridgehead atoms. The van der Waals surface area contributed by atoms with Gasteiger partial charge in [-0.15, -0.1) is 0 Å². The van der Waals surface area contributed by atoms with Crippen LogP contribution in [-0.4, -0.2) is 31.9 Å². The van der Waals surface area contributed by atoms with E-state index in [-0.39, 0.29) is 11.5 Å². The Balaban J connectivity index is 2.35. The lowest BCUT2D eigenvalue weighted by Crippen LogP contribution is -2.27. The minimum atomic E-state index is -5.78. The largest absolute Gasteiger partial charge is 0.534 e. The van der Waals surface area contributed by atoms with Crippen molar-refractivity contribution in [1.29, 1.82) is 0 Å². The maximum Gasteiger partial charge on any atom is 0.534 e. The zero-order valence-electron chi connectivity index (χ0n) is 12.4. The first kappa shape index (κ1) is 17.1. The van der Waals surface area contributed by atoms with E-state index in [9.17, 15) is 21.6 Å². The van der Waals surface area contributed by atoms with E-state index >= 15 is 0 Å². The molecule has 0 aliphatic carbocycles. The third-order valence-corrected chi connectivity index (χ3v) is 3.86. The summed E-state index contributed by atoms with van der Waals surface area (Å²) >= 11 is 0. The molecule has 10 heteroatoms. The Morgan fingerprint density at radius 1 is 1.30 bits per heavy atom. The first-order chi connectivity index (χ1) is 10.5. The van der Waals surface area contributed by atoms with Gasteiger partial charge < -0.3 is 13.9 Å². The van der Waals surface area contributed by atoms with Crippen LogP contribution in [0.1, 0.15) is 17.0 Å². The monoisotopic (exact) mass is 350 g/mol. The van der Waals surface area contributed by atoms with Gasteiger partial charge in [0.2, 0.25) is 5.90 Å². The summed E-state index contributed by atoms with van der Waals surface area (Å²) < 4.78 is 68.0. The number of aromatic nitrogens is 1. The molecule has 1 aliphatic rings. The maximum atomic E-state index is 12.3. The van der Waals surface area contributed by atoms with Gasteiger partial charge in [0.1, 0.15) is 11.5 Å². The number of nitrogens with one attached hydrogen (secondary N) is 1. The number of nitrogens with zero attached hydrogens (tertiary/aromatic N) is 1. The van der Waals surface area contributed by atoms with Gasteiger partial charge in [-0.2, -0.15) is 21.6 Å². The fraction of sp³-hybridized carbons (Fsp3) is 0.308. The molecule has 0 amide bonds. The lowest BCUT2D eigenvalue weighted by atomic mass is 10.2. The van der Waals surface area contributed by atoms with E-state index in [2.05, 4.69) is 14.2 Å². The van der Waals surface area contributed by atoms with Crippen molar-refractivity contribution in [1.82, 2.24) is 4.98 Å². The third-order valence-electron chi connectivity index (χ3n) is 2.91. The van der Waals surface area contributed by atoms with E-state index < -0.39 is 21.5 Å². The number of H-pyrrole nitrogens is 1. The molecule has 23 heavy (non-hydrogen) atoms. The molecule has 2 rings (SSSR count). The maximum absolute atomic E-state index is 12.3. The highest BCUT2D eigenvalue weighted by Gasteiger charge is 2.49. The second-order valence-electron chi connectivity index (χ2n) is 4.72. The van der Waals surface area contributed by atoms with Crippen LogP contribution in [0.25, 0.3) is 6.08 Å². The lowest BCUT2D eigenvalue weighted by Gasteiger charge is -2.07. The van der Waals surface area contributed by atoms with Crippen molar-refractivity contribution in [3.8, 4) is 0 Å². The summed E-state index contributed by atoms with van der Waals surface area (Å²) in [7, 11) is -4.50. The average molecular weight is 350 g/mol. The third kappa shape index (κ3) is 3.58. The number of rotatable bonds is 3. The molecule has 0 saturated heterocycles. The molecule has 0 spiro atoms. The summed E-state index contributed by atoms with van der Waals surface area (Å²) in [5.41, 5.74) is -2.95. The normalized spacial score (nSPS) is 17.2. The minimum absolute atomic E-state index is 0.0871. The van der Waals surface area contributed by atoms with Crippen molar-refractivity contribution < 1.29 is 30.5 Å². The first-order valence-corrected chi connectivity index (χ1v) is 7.68. The number of alkyl halides is 3. The summed E-state index contributed by atoms with van der Waals surface area (Å²) in [6.45, 7) is 3.67. The smallest absolute Gasteiger partial charge is 0.494 e. The van der Waals surface area contributed by atoms with Crippen molar-refractivity contribution in [2.45, 2.75) is 19.4 Å². The summed E-state index contributed by atoms with van der Waals surface area (Å²) in [6, 6.07) is 1.87. The van der Waals surface area contributed by atoms with Crippen LogP contribution in [0.2, 0.25) is 0 Å². The van der Waals surface area contributed by atoms with Crippen molar-refractivity contribution >= 4 is 22.1 Å². The Morgan fingerprint density at radius 2 is 1.96 bits per heavy atom. The predicted molar refractivity (Wildman–Crippen MR) is 76.8 cm³/mol. The predicted octanol–water partition coefficient (Wildman–Crippen LogP) is 2.78. The molecule has 0 radical (unpaired) electrons. The number of aliphatic imine (C=N–C) groups is 1. The van der Waals surface area contributed by atoms with Gasteiger partial charge in [-0.3, -0.25) is 0 Å². The molecular formula is C13H13F3N2O4S. The highest BCUT2D eigenvalue weighted by molar-refractivity contribution is 7.88. The molecule has 1 aromatic rings. The molecule has 1 aromatic heterocycles. The van der Waals surface area contributed by atoms with Gasteiger partial charge in [0.15, 0.2) is 0 Å². The van der Waals surface area contributed by atoms with Crippen LogP contribution in [0.4, 0.5) is 13.2 Å². The molecule has 0 fully saturated rings. The number of methoxy groups -OCH3 is 1. The van der Waals surface area contributed by atoms with Gasteiger partial charge in [-0.1, -0.05) is 0 Å². The van der Waals surface area contributed by atoms with E-state index in [0.29, 0.717) is 5.69 Å². The Hall–Kier alpha value is -2.23. The molecule has 126 valence electrons. The summed E-state index contributed by atoms with van der Waals surface area (Å²) in [5.74, 6) is -0.629. The molecular weight excluding hydrogens is 337 g/mol. The highest BCUT2D eigenvalue weighted by Crippen LogP contribution is 2.29. The summed E-state index contributed by atoms with van der Waals surface area (Å²) in [5, 5.41) is 0. The van der Waals surface area contributed by atoms with E-state index in [0.717, 1.165) is 17.3 Å². The van der Waals surface area contributed by atoms with Crippen LogP contribution < -0.4 is 0 Å². The molecule has 0 atom stereocenters. The van der Waals surface area contributed by atoms with Gasteiger partial charge in [0.05, 0.1) is 7.11 Å². The first-order valence-electron chi connectivity index (χ1n) is 6.27. The minimum Gasteiger partial charge on any atom is -0.494 e. The van der Waals surface area contributed by atoms with Crippen LogP contribution in [0.5, 0.6) is 0 Å². The van der Waals surface area contributed by atoms with Gasteiger partial charge in [0, 0.05) is 17.5 Å². The molecule has 0 unspecified atom stereocenters. The van der Waals surface area contributed by atoms with Gasteiger partial charge in [-0.05, 0) is 31.6 Å². The second kappa shape index (κ2) is 5.76. The van der Waals surface area contributed by atoms with E-state index in [1.54, 1.807) is 0 Å². The second-order valence-corrected chi connectivity index (χ2v) is 6.26. The molecule has 0 aromatic carbocycles. The van der Waals surface area contributed by atoms with Crippen LogP contribution in [0.3, 0.4) is 0 Å². The van der Waals surface area contributed by atoms with Gasteiger partial charge in [-0.25, -0.2) is 4.99 Å². The average Bonchev–Trinajstić information content (AvgIpc) is 2.91. The van der Waals surface area contributed by atoms with Crippen molar-refractivity contribution in [2.24, 2.45) is 4.99 Å². The van der Waals surface area contributed by atoms with E-state index in [1.807, 2.05) is 19.9 Å². The van der Waals surface area contributed by atoms with Crippen LogP contribution in [0.15, 0.2) is 28.6 Å². The van der Waals surface area contributed by atoms with Crippen LogP contribution in [-0.2, 0) is 19.0 Å². The lowest BCUT2D eigenvalue weighted by molar-refractivity contribution is -0.0504. The highest BCUT2D eigenvalue weighted by atomic mass is 32.2. The number of aromatic amines is 1. The number of hydrogen-bond donors (Lipinski definition) is 1. The zero-order valence-corrected chi connectivity index (χ0v) is 13.2. The number of halogens is 3. The summed E-state index contributed by atoms with van der Waals surface area (Å²) in [4.78, 5) is 6.76. The standard InChI is InChI=1S/C13H13F3N2O4S/c1-7-4-8(2)17-9(7)5-10-11(21-3)6-12(18-10)22-23(19,20)13(14,15)16/h4-6,17H,1-3H3/b10-5-. The number of hydrogen-bond acceptors (Lipinski definition) is 5. The van der Waals surface area contributed by atoms with E-state index in [4.69, 9.17) is 4.74 Å².